The van der Waals surface area contributed by atoms with Crippen LogP contribution in [-0.4, -0.2) is 36.3 Å². The second-order valence-electron chi connectivity index (χ2n) is 5.63. The van der Waals surface area contributed by atoms with Crippen LogP contribution in [0.25, 0.3) is 11.4 Å². The third-order valence-electron chi connectivity index (χ3n) is 4.12. The molecule has 1 aromatic heterocycles. The van der Waals surface area contributed by atoms with Crippen molar-refractivity contribution in [3.63, 3.8) is 0 Å². The molecule has 0 amide bonds. The van der Waals surface area contributed by atoms with Gasteiger partial charge in [0.15, 0.2) is 5.82 Å². The van der Waals surface area contributed by atoms with Crippen molar-refractivity contribution >= 4 is 29.8 Å². The number of rotatable bonds is 2. The highest BCUT2D eigenvalue weighted by Crippen LogP contribution is 2.32. The summed E-state index contributed by atoms with van der Waals surface area (Å²) in [5.74, 6) is -0.533. The van der Waals surface area contributed by atoms with Crippen molar-refractivity contribution < 1.29 is 18.3 Å². The van der Waals surface area contributed by atoms with E-state index in [0.717, 1.165) is 17.7 Å². The first kappa shape index (κ1) is 18.3. The van der Waals surface area contributed by atoms with Gasteiger partial charge in [-0.2, -0.15) is 0 Å². The molecule has 0 radical (unpaired) electrons. The zero-order valence-electron chi connectivity index (χ0n) is 13.1. The summed E-state index contributed by atoms with van der Waals surface area (Å²) in [6, 6.07) is 1.96. The molecule has 134 valence electrons. The minimum atomic E-state index is -0.707. The summed E-state index contributed by atoms with van der Waals surface area (Å²) in [5.41, 5.74) is 1.59. The monoisotopic (exact) mass is 389 g/mol. The first-order valence-electron chi connectivity index (χ1n) is 7.58. The molecule has 9 heteroatoms. The molecule has 2 aliphatic heterocycles. The molecule has 0 aliphatic carbocycles. The third kappa shape index (κ3) is 3.42. The molecule has 1 saturated heterocycles. The van der Waals surface area contributed by atoms with Crippen LogP contribution in [0, 0.1) is 11.6 Å². The summed E-state index contributed by atoms with van der Waals surface area (Å²) in [7, 11) is 0. The van der Waals surface area contributed by atoms with Gasteiger partial charge < -0.3 is 14.4 Å². The van der Waals surface area contributed by atoms with Crippen LogP contribution in [0.3, 0.4) is 0 Å². The SMILES string of the molecule is Cl.Fc1cc(-c2nc3c(c(N4CCOCC4)n2)COC3)c(F)cc1Cl. The lowest BCUT2D eigenvalue weighted by Crippen LogP contribution is -2.37. The fourth-order valence-electron chi connectivity index (χ4n) is 2.89. The van der Waals surface area contributed by atoms with Crippen LogP contribution >= 0.6 is 24.0 Å². The Kier molecular flexibility index (Phi) is 5.38. The second-order valence-corrected chi connectivity index (χ2v) is 6.04. The lowest BCUT2D eigenvalue weighted by molar-refractivity contribution is 0.121. The van der Waals surface area contributed by atoms with Gasteiger partial charge >= 0.3 is 0 Å². The number of halogens is 4. The maximum Gasteiger partial charge on any atom is 0.164 e. The van der Waals surface area contributed by atoms with Gasteiger partial charge in [-0.25, -0.2) is 18.7 Å². The summed E-state index contributed by atoms with van der Waals surface area (Å²) < 4.78 is 38.8. The Morgan fingerprint density at radius 3 is 2.52 bits per heavy atom. The van der Waals surface area contributed by atoms with Crippen molar-refractivity contribution in [1.29, 1.82) is 0 Å². The topological polar surface area (TPSA) is 47.5 Å². The Morgan fingerprint density at radius 1 is 1.00 bits per heavy atom. The van der Waals surface area contributed by atoms with E-state index >= 15 is 0 Å². The molecule has 1 aromatic carbocycles. The number of morpholine rings is 1. The highest BCUT2D eigenvalue weighted by atomic mass is 35.5. The molecule has 0 atom stereocenters. The summed E-state index contributed by atoms with van der Waals surface area (Å²) in [6.07, 6.45) is 0. The molecule has 0 saturated carbocycles. The number of nitrogens with zero attached hydrogens (tertiary/aromatic N) is 3. The average Bonchev–Trinajstić information content (AvgIpc) is 3.06. The molecule has 0 unspecified atom stereocenters. The van der Waals surface area contributed by atoms with Gasteiger partial charge in [-0.1, -0.05) is 11.6 Å². The normalized spacial score (nSPS) is 16.5. The number of hydrogen-bond donors (Lipinski definition) is 0. The fraction of sp³-hybridized carbons (Fsp3) is 0.375. The van der Waals surface area contributed by atoms with Gasteiger partial charge in [0, 0.05) is 18.7 Å². The van der Waals surface area contributed by atoms with Gasteiger partial charge in [0.05, 0.1) is 42.7 Å². The van der Waals surface area contributed by atoms with E-state index < -0.39 is 11.6 Å². The van der Waals surface area contributed by atoms with Crippen molar-refractivity contribution in [2.75, 3.05) is 31.2 Å². The Bertz CT molecular complexity index is 801. The molecule has 25 heavy (non-hydrogen) atoms. The van der Waals surface area contributed by atoms with E-state index in [-0.39, 0.29) is 28.8 Å². The number of hydrogen-bond acceptors (Lipinski definition) is 5. The molecule has 3 heterocycles. The molecule has 0 spiro atoms. The smallest absolute Gasteiger partial charge is 0.164 e. The number of ether oxygens (including phenoxy) is 2. The highest BCUT2D eigenvalue weighted by molar-refractivity contribution is 6.30. The van der Waals surface area contributed by atoms with Gasteiger partial charge in [0.1, 0.15) is 17.5 Å². The molecule has 2 aromatic rings. The Labute approximate surface area is 154 Å². The summed E-state index contributed by atoms with van der Waals surface area (Å²) >= 11 is 5.62. The van der Waals surface area contributed by atoms with Crippen molar-refractivity contribution in [1.82, 2.24) is 9.97 Å². The van der Waals surface area contributed by atoms with Gasteiger partial charge in [-0.3, -0.25) is 0 Å². The average molecular weight is 390 g/mol. The van der Waals surface area contributed by atoms with E-state index in [1.807, 2.05) is 0 Å². The van der Waals surface area contributed by atoms with Gasteiger partial charge in [0.2, 0.25) is 0 Å². The van der Waals surface area contributed by atoms with Crippen LogP contribution in [-0.2, 0) is 22.7 Å². The minimum absolute atomic E-state index is 0. The van der Waals surface area contributed by atoms with Crippen LogP contribution in [0.4, 0.5) is 14.6 Å². The standard InChI is InChI=1S/C16H14ClF2N3O2.ClH/c17-11-6-12(18)9(5-13(11)19)15-20-14-8-24-7-10(14)16(21-15)22-1-3-23-4-2-22;/h5-6H,1-4,7-8H2;1H. The van der Waals surface area contributed by atoms with Crippen LogP contribution < -0.4 is 4.90 Å². The Balaban J connectivity index is 0.00000182. The lowest BCUT2D eigenvalue weighted by Gasteiger charge is -2.29. The van der Waals surface area contributed by atoms with Crippen molar-refractivity contribution in [2.24, 2.45) is 0 Å². The molecule has 0 N–H and O–H groups in total. The van der Waals surface area contributed by atoms with E-state index in [4.69, 9.17) is 21.1 Å². The Hall–Kier alpha value is -1.54. The highest BCUT2D eigenvalue weighted by Gasteiger charge is 2.26. The maximum atomic E-state index is 14.2. The molecular formula is C16H15Cl2F2N3O2. The van der Waals surface area contributed by atoms with Crippen LogP contribution in [0.15, 0.2) is 12.1 Å². The number of fused-ring (bicyclic) bond motifs is 1. The van der Waals surface area contributed by atoms with Crippen LogP contribution in [0.1, 0.15) is 11.3 Å². The zero-order chi connectivity index (χ0) is 16.7. The fourth-order valence-corrected chi connectivity index (χ4v) is 3.04. The first-order chi connectivity index (χ1) is 11.6. The second kappa shape index (κ2) is 7.37. The molecule has 5 nitrogen and oxygen atoms in total. The quantitative estimate of drug-likeness (QED) is 0.736. The number of benzene rings is 1. The third-order valence-corrected chi connectivity index (χ3v) is 4.41. The van der Waals surface area contributed by atoms with E-state index in [9.17, 15) is 8.78 Å². The largest absolute Gasteiger partial charge is 0.378 e. The van der Waals surface area contributed by atoms with E-state index in [2.05, 4.69) is 14.9 Å². The number of anilines is 1. The molecule has 0 bridgehead atoms. The lowest BCUT2D eigenvalue weighted by atomic mass is 10.1. The van der Waals surface area contributed by atoms with E-state index in [0.29, 0.717) is 51.0 Å². The van der Waals surface area contributed by atoms with E-state index in [1.54, 1.807) is 0 Å². The molecule has 2 aliphatic rings. The van der Waals surface area contributed by atoms with Crippen LogP contribution in [0.5, 0.6) is 0 Å². The van der Waals surface area contributed by atoms with Crippen LogP contribution in [0.2, 0.25) is 5.02 Å². The molecular weight excluding hydrogens is 375 g/mol. The predicted octanol–water partition coefficient (Wildman–Crippen LogP) is 3.36. The van der Waals surface area contributed by atoms with Crippen molar-refractivity contribution in [2.45, 2.75) is 13.2 Å². The van der Waals surface area contributed by atoms with Gasteiger partial charge in [-0.15, -0.1) is 12.4 Å². The zero-order valence-corrected chi connectivity index (χ0v) is 14.7. The molecule has 1 fully saturated rings. The predicted molar refractivity (Wildman–Crippen MR) is 91.2 cm³/mol. The summed E-state index contributed by atoms with van der Waals surface area (Å²) in [6.45, 7) is 3.30. The van der Waals surface area contributed by atoms with Crippen molar-refractivity contribution in [3.05, 3.63) is 40.0 Å². The number of aromatic nitrogens is 2. The van der Waals surface area contributed by atoms with Gasteiger partial charge in [-0.05, 0) is 12.1 Å². The Morgan fingerprint density at radius 2 is 1.76 bits per heavy atom. The summed E-state index contributed by atoms with van der Waals surface area (Å²) in [5, 5.41) is -0.269. The van der Waals surface area contributed by atoms with Gasteiger partial charge in [0.25, 0.3) is 0 Å². The first-order valence-corrected chi connectivity index (χ1v) is 7.96. The minimum Gasteiger partial charge on any atom is -0.378 e. The molecule has 4 rings (SSSR count). The van der Waals surface area contributed by atoms with E-state index in [1.165, 1.54) is 0 Å². The maximum absolute atomic E-state index is 14.2. The summed E-state index contributed by atoms with van der Waals surface area (Å²) in [4.78, 5) is 10.9. The van der Waals surface area contributed by atoms with Crippen molar-refractivity contribution in [3.8, 4) is 11.4 Å².